The second-order valence-electron chi connectivity index (χ2n) is 6.27. The van der Waals surface area contributed by atoms with Crippen molar-refractivity contribution in [2.24, 2.45) is 0 Å². The molecule has 0 saturated heterocycles. The summed E-state index contributed by atoms with van der Waals surface area (Å²) in [5, 5.41) is 5.04. The van der Waals surface area contributed by atoms with E-state index in [1.165, 1.54) is 4.70 Å². The monoisotopic (exact) mass is 437 g/mol. The number of fused-ring (bicyclic) bond motifs is 1. The maximum absolute atomic E-state index is 12.3. The van der Waals surface area contributed by atoms with Crippen molar-refractivity contribution >= 4 is 56.7 Å². The minimum atomic E-state index is 0.00522. The molecule has 7 heteroatoms. The number of aromatic nitrogens is 2. The Hall–Kier alpha value is -2.35. The first-order valence-corrected chi connectivity index (χ1v) is 12.1. The van der Waals surface area contributed by atoms with Gasteiger partial charge in [0.1, 0.15) is 5.01 Å². The summed E-state index contributed by atoms with van der Waals surface area (Å²) >= 11 is 4.95. The third kappa shape index (κ3) is 5.82. The molecule has 0 aliphatic carbocycles. The van der Waals surface area contributed by atoms with Crippen LogP contribution in [0.1, 0.15) is 10.6 Å². The highest BCUT2D eigenvalue weighted by Crippen LogP contribution is 2.25. The number of thioether (sulfide) groups is 2. The molecule has 0 aliphatic rings. The molecule has 0 aliphatic heterocycles. The second kappa shape index (κ2) is 9.91. The number of pyridine rings is 1. The van der Waals surface area contributed by atoms with Crippen molar-refractivity contribution in [3.63, 3.8) is 0 Å². The van der Waals surface area contributed by atoms with Crippen molar-refractivity contribution in [1.82, 2.24) is 9.97 Å². The van der Waals surface area contributed by atoms with E-state index in [4.69, 9.17) is 0 Å². The summed E-state index contributed by atoms with van der Waals surface area (Å²) in [4.78, 5) is 21.2. The minimum absolute atomic E-state index is 0.00522. The van der Waals surface area contributed by atoms with Crippen molar-refractivity contribution in [2.45, 2.75) is 16.5 Å². The smallest absolute Gasteiger partial charge is 0.234 e. The number of anilines is 1. The van der Waals surface area contributed by atoms with Crippen molar-refractivity contribution < 1.29 is 4.79 Å². The summed E-state index contributed by atoms with van der Waals surface area (Å²) in [7, 11) is 0. The number of hydrogen-bond acceptors (Lipinski definition) is 6. The average molecular weight is 438 g/mol. The molecule has 0 radical (unpaired) electrons. The number of rotatable bonds is 8. The van der Waals surface area contributed by atoms with Crippen LogP contribution in [0.2, 0.25) is 0 Å². The van der Waals surface area contributed by atoms with E-state index in [9.17, 15) is 4.79 Å². The third-order valence-electron chi connectivity index (χ3n) is 4.03. The molecule has 29 heavy (non-hydrogen) atoms. The Labute approximate surface area is 182 Å². The molecule has 0 unspecified atom stereocenters. The van der Waals surface area contributed by atoms with Gasteiger partial charge in [-0.2, -0.15) is 0 Å². The predicted molar refractivity (Wildman–Crippen MR) is 125 cm³/mol. The van der Waals surface area contributed by atoms with Gasteiger partial charge in [-0.25, -0.2) is 9.97 Å². The first-order chi connectivity index (χ1) is 14.3. The number of carbonyl (C=O) groups excluding carboxylic acids is 1. The van der Waals surface area contributed by atoms with Crippen LogP contribution >= 0.6 is 34.9 Å². The van der Waals surface area contributed by atoms with Gasteiger partial charge in [0.15, 0.2) is 0 Å². The van der Waals surface area contributed by atoms with E-state index in [1.807, 2.05) is 54.6 Å². The Morgan fingerprint density at radius 3 is 2.76 bits per heavy atom. The zero-order chi connectivity index (χ0) is 19.9. The lowest BCUT2D eigenvalue weighted by atomic mass is 10.2. The van der Waals surface area contributed by atoms with E-state index in [-0.39, 0.29) is 5.91 Å². The van der Waals surface area contributed by atoms with Crippen molar-refractivity contribution in [2.75, 3.05) is 11.1 Å². The molecule has 2 aromatic carbocycles. The number of benzene rings is 2. The minimum Gasteiger partial charge on any atom is -0.325 e. The van der Waals surface area contributed by atoms with E-state index in [0.29, 0.717) is 5.75 Å². The summed E-state index contributed by atoms with van der Waals surface area (Å²) in [5.41, 5.74) is 3.01. The fourth-order valence-corrected chi connectivity index (χ4v) is 5.39. The van der Waals surface area contributed by atoms with Gasteiger partial charge in [0, 0.05) is 23.4 Å². The highest BCUT2D eigenvalue weighted by Gasteiger charge is 2.07. The third-order valence-corrected chi connectivity index (χ3v) is 7.21. The SMILES string of the molecule is O=C(CSCc1nc2ccccc2s1)Nc1cccc(CSc2ccccn2)c1. The lowest BCUT2D eigenvalue weighted by Crippen LogP contribution is -2.14. The molecule has 0 atom stereocenters. The van der Waals surface area contributed by atoms with Gasteiger partial charge < -0.3 is 5.32 Å². The molecule has 4 aromatic rings. The molecule has 2 aromatic heterocycles. The van der Waals surface area contributed by atoms with Crippen LogP contribution < -0.4 is 5.32 Å². The summed E-state index contributed by atoms with van der Waals surface area (Å²) < 4.78 is 1.19. The molecular formula is C22H19N3OS3. The maximum Gasteiger partial charge on any atom is 0.234 e. The van der Waals surface area contributed by atoms with E-state index in [1.54, 1.807) is 41.1 Å². The number of carbonyl (C=O) groups is 1. The van der Waals surface area contributed by atoms with Crippen LogP contribution in [0, 0.1) is 0 Å². The zero-order valence-corrected chi connectivity index (χ0v) is 18.0. The molecule has 0 fully saturated rings. The van der Waals surface area contributed by atoms with Crippen LogP contribution in [0.3, 0.4) is 0 Å². The first-order valence-electron chi connectivity index (χ1n) is 9.11. The van der Waals surface area contributed by atoms with Crippen LogP contribution in [-0.2, 0) is 16.3 Å². The topological polar surface area (TPSA) is 54.9 Å². The van der Waals surface area contributed by atoms with E-state index < -0.39 is 0 Å². The van der Waals surface area contributed by atoms with Gasteiger partial charge in [0.05, 0.1) is 21.0 Å². The van der Waals surface area contributed by atoms with Crippen molar-refractivity contribution in [3.05, 3.63) is 83.5 Å². The van der Waals surface area contributed by atoms with Gasteiger partial charge in [-0.15, -0.1) is 34.9 Å². The van der Waals surface area contributed by atoms with Gasteiger partial charge in [0.2, 0.25) is 5.91 Å². The van der Waals surface area contributed by atoms with E-state index in [0.717, 1.165) is 38.3 Å². The summed E-state index contributed by atoms with van der Waals surface area (Å²) in [6.07, 6.45) is 1.80. The van der Waals surface area contributed by atoms with Gasteiger partial charge in [0.25, 0.3) is 0 Å². The van der Waals surface area contributed by atoms with Crippen LogP contribution in [0.15, 0.2) is 78.0 Å². The quantitative estimate of drug-likeness (QED) is 0.350. The molecule has 4 nitrogen and oxygen atoms in total. The molecule has 1 amide bonds. The van der Waals surface area contributed by atoms with Gasteiger partial charge in [-0.1, -0.05) is 30.3 Å². The fourth-order valence-electron chi connectivity index (χ4n) is 2.74. The van der Waals surface area contributed by atoms with Gasteiger partial charge in [-0.05, 0) is 42.0 Å². The number of amides is 1. The summed E-state index contributed by atoms with van der Waals surface area (Å²) in [5.74, 6) is 1.97. The zero-order valence-electron chi connectivity index (χ0n) is 15.6. The summed E-state index contributed by atoms with van der Waals surface area (Å²) in [6.45, 7) is 0. The number of hydrogen-bond donors (Lipinski definition) is 1. The Balaban J connectivity index is 1.25. The van der Waals surface area contributed by atoms with Crippen LogP contribution in [0.25, 0.3) is 10.2 Å². The molecule has 2 heterocycles. The number of nitrogens with zero attached hydrogens (tertiary/aromatic N) is 2. The normalized spacial score (nSPS) is 10.9. The second-order valence-corrected chi connectivity index (χ2v) is 9.37. The molecule has 4 rings (SSSR count). The number of thiazole rings is 1. The van der Waals surface area contributed by atoms with Gasteiger partial charge >= 0.3 is 0 Å². The largest absolute Gasteiger partial charge is 0.325 e. The van der Waals surface area contributed by atoms with E-state index >= 15 is 0 Å². The molecule has 0 saturated carbocycles. The molecule has 0 bridgehead atoms. The van der Waals surface area contributed by atoms with Crippen LogP contribution in [0.4, 0.5) is 5.69 Å². The average Bonchev–Trinajstić information content (AvgIpc) is 3.16. The fraction of sp³-hybridized carbons (Fsp3) is 0.136. The Morgan fingerprint density at radius 2 is 1.90 bits per heavy atom. The standard InChI is InChI=1S/C22H19N3OS3/c26-20(14-27-15-22-25-18-8-1-2-9-19(18)29-22)24-17-7-5-6-16(12-17)13-28-21-10-3-4-11-23-21/h1-12H,13-15H2,(H,24,26). The lowest BCUT2D eigenvalue weighted by molar-refractivity contribution is -0.113. The maximum atomic E-state index is 12.3. The number of para-hydroxylation sites is 1. The summed E-state index contributed by atoms with van der Waals surface area (Å²) in [6, 6.07) is 22.0. The predicted octanol–water partition coefficient (Wildman–Crippen LogP) is 5.86. The first kappa shape index (κ1) is 19.9. The highest BCUT2D eigenvalue weighted by molar-refractivity contribution is 7.99. The molecule has 1 N–H and O–H groups in total. The molecular weight excluding hydrogens is 418 g/mol. The van der Waals surface area contributed by atoms with Crippen LogP contribution in [0.5, 0.6) is 0 Å². The Kier molecular flexibility index (Phi) is 6.82. The lowest BCUT2D eigenvalue weighted by Gasteiger charge is -2.07. The van der Waals surface area contributed by atoms with Crippen molar-refractivity contribution in [3.8, 4) is 0 Å². The highest BCUT2D eigenvalue weighted by atomic mass is 32.2. The molecule has 0 spiro atoms. The van der Waals surface area contributed by atoms with Crippen LogP contribution in [-0.4, -0.2) is 21.6 Å². The Bertz CT molecular complexity index is 1070. The van der Waals surface area contributed by atoms with Crippen molar-refractivity contribution in [1.29, 1.82) is 0 Å². The number of nitrogens with one attached hydrogen (secondary N) is 1. The Morgan fingerprint density at radius 1 is 1.00 bits per heavy atom. The van der Waals surface area contributed by atoms with Gasteiger partial charge in [-0.3, -0.25) is 4.79 Å². The molecule has 146 valence electrons. The van der Waals surface area contributed by atoms with E-state index in [2.05, 4.69) is 27.4 Å².